The summed E-state index contributed by atoms with van der Waals surface area (Å²) in [5.41, 5.74) is 7.61. The van der Waals surface area contributed by atoms with Gasteiger partial charge in [-0.25, -0.2) is 0 Å². The van der Waals surface area contributed by atoms with E-state index in [2.05, 4.69) is 15.9 Å². The van der Waals surface area contributed by atoms with Crippen LogP contribution in [0.2, 0.25) is 0 Å². The lowest BCUT2D eigenvalue weighted by molar-refractivity contribution is 0.0929. The Labute approximate surface area is 109 Å². The predicted molar refractivity (Wildman–Crippen MR) is 69.2 cm³/mol. The van der Waals surface area contributed by atoms with Crippen LogP contribution in [0.3, 0.4) is 0 Å². The lowest BCUT2D eigenvalue weighted by Crippen LogP contribution is -1.94. The largest absolute Gasteiger partial charge is 0.467 e. The topological polar surface area (TPSA) is 48.4 Å². The number of rotatable bonds is 5. The minimum atomic E-state index is 0.465. The van der Waals surface area contributed by atoms with Crippen LogP contribution < -0.4 is 5.73 Å². The van der Waals surface area contributed by atoms with Crippen molar-refractivity contribution in [1.82, 2.24) is 0 Å². The van der Waals surface area contributed by atoms with Crippen LogP contribution in [0.1, 0.15) is 16.9 Å². The molecule has 0 aliphatic rings. The third kappa shape index (κ3) is 3.70. The first-order chi connectivity index (χ1) is 8.28. The molecule has 1 aromatic heterocycles. The Morgan fingerprint density at radius 3 is 2.76 bits per heavy atom. The van der Waals surface area contributed by atoms with E-state index in [1.165, 1.54) is 0 Å². The molecule has 2 aromatic rings. The molecule has 0 radical (unpaired) electrons. The normalized spacial score (nSPS) is 10.7. The molecule has 90 valence electrons. The van der Waals surface area contributed by atoms with Gasteiger partial charge in [-0.15, -0.1) is 0 Å². The van der Waals surface area contributed by atoms with Crippen molar-refractivity contribution < 1.29 is 9.15 Å². The van der Waals surface area contributed by atoms with Gasteiger partial charge in [-0.2, -0.15) is 0 Å². The molecule has 0 spiro atoms. The van der Waals surface area contributed by atoms with E-state index in [1.807, 2.05) is 30.3 Å². The van der Waals surface area contributed by atoms with Gasteiger partial charge < -0.3 is 14.9 Å². The van der Waals surface area contributed by atoms with Crippen molar-refractivity contribution in [2.45, 2.75) is 19.8 Å². The molecule has 0 atom stereocenters. The quantitative estimate of drug-likeness (QED) is 0.921. The third-order valence-electron chi connectivity index (χ3n) is 2.35. The van der Waals surface area contributed by atoms with Crippen LogP contribution in [0.25, 0.3) is 0 Å². The van der Waals surface area contributed by atoms with Gasteiger partial charge in [-0.05, 0) is 23.8 Å². The third-order valence-corrected chi connectivity index (χ3v) is 2.84. The van der Waals surface area contributed by atoms with Gasteiger partial charge in [-0.3, -0.25) is 0 Å². The second kappa shape index (κ2) is 6.00. The Morgan fingerprint density at radius 2 is 2.06 bits per heavy atom. The van der Waals surface area contributed by atoms with Crippen molar-refractivity contribution in [2.75, 3.05) is 0 Å². The van der Waals surface area contributed by atoms with Crippen molar-refractivity contribution in [3.8, 4) is 0 Å². The molecule has 2 N–H and O–H groups in total. The van der Waals surface area contributed by atoms with E-state index in [-0.39, 0.29) is 0 Å². The molecule has 0 fully saturated rings. The molecule has 17 heavy (non-hydrogen) atoms. The Balaban J connectivity index is 1.83. The molecular weight excluding hydrogens is 282 g/mol. The highest BCUT2D eigenvalue weighted by Gasteiger charge is 2.01. The van der Waals surface area contributed by atoms with Gasteiger partial charge in [0, 0.05) is 16.6 Å². The lowest BCUT2D eigenvalue weighted by Gasteiger charge is -2.02. The Kier molecular flexibility index (Phi) is 4.36. The minimum Gasteiger partial charge on any atom is -0.467 e. The van der Waals surface area contributed by atoms with Gasteiger partial charge in [0.25, 0.3) is 0 Å². The van der Waals surface area contributed by atoms with E-state index >= 15 is 0 Å². The van der Waals surface area contributed by atoms with Gasteiger partial charge in [0.05, 0.1) is 12.9 Å². The molecule has 2 rings (SSSR count). The zero-order valence-corrected chi connectivity index (χ0v) is 10.9. The molecule has 0 saturated carbocycles. The van der Waals surface area contributed by atoms with Gasteiger partial charge in [0.2, 0.25) is 0 Å². The molecule has 1 aromatic carbocycles. The number of nitrogens with two attached hydrogens (primary N) is 1. The van der Waals surface area contributed by atoms with Gasteiger partial charge in [-0.1, -0.05) is 28.1 Å². The summed E-state index contributed by atoms with van der Waals surface area (Å²) in [6, 6.07) is 9.96. The molecule has 1 heterocycles. The summed E-state index contributed by atoms with van der Waals surface area (Å²) in [5, 5.41) is 0. The van der Waals surface area contributed by atoms with Crippen LogP contribution in [-0.2, 0) is 24.5 Å². The molecule has 0 amide bonds. The molecule has 0 unspecified atom stereocenters. The average Bonchev–Trinajstić information content (AvgIpc) is 2.77. The summed E-state index contributed by atoms with van der Waals surface area (Å²) in [6.45, 7) is 1.53. The summed E-state index contributed by atoms with van der Waals surface area (Å²) in [5.74, 6) is 0.806. The van der Waals surface area contributed by atoms with Crippen LogP contribution >= 0.6 is 15.9 Å². The smallest absolute Gasteiger partial charge is 0.129 e. The standard InChI is InChI=1S/C13H14BrNO2/c14-12-3-1-2-10(4-12)7-16-9-13-5-11(6-15)8-17-13/h1-5,8H,6-7,9,15H2. The second-order valence-electron chi connectivity index (χ2n) is 3.75. The van der Waals surface area contributed by atoms with E-state index in [1.54, 1.807) is 6.26 Å². The SMILES string of the molecule is NCc1coc(COCc2cccc(Br)c2)c1. The van der Waals surface area contributed by atoms with E-state index in [0.29, 0.717) is 19.8 Å². The predicted octanol–water partition coefficient (Wildman–Crippen LogP) is 3.22. The fourth-order valence-electron chi connectivity index (χ4n) is 1.51. The highest BCUT2D eigenvalue weighted by molar-refractivity contribution is 9.10. The fourth-order valence-corrected chi connectivity index (χ4v) is 1.95. The lowest BCUT2D eigenvalue weighted by atomic mass is 10.2. The highest BCUT2D eigenvalue weighted by atomic mass is 79.9. The van der Waals surface area contributed by atoms with Crippen molar-refractivity contribution in [3.05, 3.63) is 58.0 Å². The van der Waals surface area contributed by atoms with E-state index in [0.717, 1.165) is 21.4 Å². The molecule has 4 heteroatoms. The first kappa shape index (κ1) is 12.4. The first-order valence-corrected chi connectivity index (χ1v) is 6.16. The van der Waals surface area contributed by atoms with Crippen molar-refractivity contribution in [1.29, 1.82) is 0 Å². The maximum atomic E-state index is 5.56. The second-order valence-corrected chi connectivity index (χ2v) is 4.66. The number of halogens is 1. The molecule has 0 bridgehead atoms. The number of benzene rings is 1. The van der Waals surface area contributed by atoms with Gasteiger partial charge in [0.1, 0.15) is 12.4 Å². The molecular formula is C13H14BrNO2. The molecule has 0 aliphatic carbocycles. The zero-order valence-electron chi connectivity index (χ0n) is 9.36. The number of ether oxygens (including phenoxy) is 1. The summed E-state index contributed by atoms with van der Waals surface area (Å²) in [7, 11) is 0. The zero-order chi connectivity index (χ0) is 12.1. The molecule has 0 aliphatic heterocycles. The summed E-state index contributed by atoms with van der Waals surface area (Å²) in [6.07, 6.45) is 1.66. The maximum absolute atomic E-state index is 5.56. The molecule has 0 saturated heterocycles. The van der Waals surface area contributed by atoms with Crippen LogP contribution in [0.5, 0.6) is 0 Å². The van der Waals surface area contributed by atoms with Gasteiger partial charge in [0.15, 0.2) is 0 Å². The van der Waals surface area contributed by atoms with E-state index in [9.17, 15) is 0 Å². The fraction of sp³-hybridized carbons (Fsp3) is 0.231. The Morgan fingerprint density at radius 1 is 1.18 bits per heavy atom. The number of hydrogen-bond donors (Lipinski definition) is 1. The van der Waals surface area contributed by atoms with E-state index < -0.39 is 0 Å². The van der Waals surface area contributed by atoms with Gasteiger partial charge >= 0.3 is 0 Å². The summed E-state index contributed by atoms with van der Waals surface area (Å²) in [4.78, 5) is 0. The van der Waals surface area contributed by atoms with Crippen molar-refractivity contribution in [2.24, 2.45) is 5.73 Å². The monoisotopic (exact) mass is 295 g/mol. The molecule has 3 nitrogen and oxygen atoms in total. The summed E-state index contributed by atoms with van der Waals surface area (Å²) >= 11 is 3.42. The Hall–Kier alpha value is -1.10. The maximum Gasteiger partial charge on any atom is 0.129 e. The van der Waals surface area contributed by atoms with E-state index in [4.69, 9.17) is 14.9 Å². The summed E-state index contributed by atoms with van der Waals surface area (Å²) < 4.78 is 11.9. The minimum absolute atomic E-state index is 0.465. The average molecular weight is 296 g/mol. The number of hydrogen-bond acceptors (Lipinski definition) is 3. The Bertz CT molecular complexity index is 482. The van der Waals surface area contributed by atoms with Crippen LogP contribution in [0.15, 0.2) is 45.5 Å². The van der Waals surface area contributed by atoms with Crippen LogP contribution in [-0.4, -0.2) is 0 Å². The van der Waals surface area contributed by atoms with Crippen LogP contribution in [0, 0.1) is 0 Å². The van der Waals surface area contributed by atoms with Crippen molar-refractivity contribution in [3.63, 3.8) is 0 Å². The first-order valence-electron chi connectivity index (χ1n) is 5.36. The number of furan rings is 1. The highest BCUT2D eigenvalue weighted by Crippen LogP contribution is 2.14. The van der Waals surface area contributed by atoms with Crippen molar-refractivity contribution >= 4 is 15.9 Å². The van der Waals surface area contributed by atoms with Crippen LogP contribution in [0.4, 0.5) is 0 Å².